The lowest BCUT2D eigenvalue weighted by Crippen LogP contribution is -2.41. The standard InChI is InChI=1S/C15H23NO3/c1-10(2)14(16)13(17)9-12(15(18)19)8-11-6-4-3-5-7-11/h3-7,10,12-14,17H,8-9,16H2,1-2H3,(H,18,19)/t12-,13+,14+/m1/s1. The Morgan fingerprint density at radius 2 is 1.84 bits per heavy atom. The van der Waals surface area contributed by atoms with Gasteiger partial charge in [-0.2, -0.15) is 0 Å². The van der Waals surface area contributed by atoms with Crippen LogP contribution in [0.1, 0.15) is 25.8 Å². The quantitative estimate of drug-likeness (QED) is 0.700. The van der Waals surface area contributed by atoms with Crippen molar-refractivity contribution in [2.45, 2.75) is 38.8 Å². The largest absolute Gasteiger partial charge is 0.481 e. The van der Waals surface area contributed by atoms with Crippen LogP contribution in [0.4, 0.5) is 0 Å². The highest BCUT2D eigenvalue weighted by molar-refractivity contribution is 5.70. The lowest BCUT2D eigenvalue weighted by atomic mass is 9.88. The van der Waals surface area contributed by atoms with Gasteiger partial charge in [0, 0.05) is 6.04 Å². The van der Waals surface area contributed by atoms with Gasteiger partial charge < -0.3 is 15.9 Å². The number of benzene rings is 1. The van der Waals surface area contributed by atoms with Crippen molar-refractivity contribution in [1.29, 1.82) is 0 Å². The van der Waals surface area contributed by atoms with Crippen molar-refractivity contribution >= 4 is 5.97 Å². The Morgan fingerprint density at radius 1 is 1.26 bits per heavy atom. The third-order valence-electron chi connectivity index (χ3n) is 3.41. The fourth-order valence-corrected chi connectivity index (χ4v) is 2.06. The van der Waals surface area contributed by atoms with Gasteiger partial charge in [0.05, 0.1) is 12.0 Å². The lowest BCUT2D eigenvalue weighted by molar-refractivity contribution is -0.143. The van der Waals surface area contributed by atoms with Crippen LogP contribution >= 0.6 is 0 Å². The van der Waals surface area contributed by atoms with Crippen molar-refractivity contribution in [3.05, 3.63) is 35.9 Å². The van der Waals surface area contributed by atoms with Crippen LogP contribution in [0.25, 0.3) is 0 Å². The van der Waals surface area contributed by atoms with Crippen LogP contribution in [-0.2, 0) is 11.2 Å². The molecule has 1 aromatic carbocycles. The van der Waals surface area contributed by atoms with Crippen LogP contribution in [0.5, 0.6) is 0 Å². The first kappa shape index (κ1) is 15.7. The molecule has 3 atom stereocenters. The van der Waals surface area contributed by atoms with Gasteiger partial charge in [-0.1, -0.05) is 44.2 Å². The Kier molecular flexibility index (Phi) is 5.99. The molecule has 4 nitrogen and oxygen atoms in total. The average Bonchev–Trinajstić information content (AvgIpc) is 2.37. The second kappa shape index (κ2) is 7.26. The molecular weight excluding hydrogens is 242 g/mol. The molecule has 106 valence electrons. The zero-order valence-electron chi connectivity index (χ0n) is 11.5. The summed E-state index contributed by atoms with van der Waals surface area (Å²) in [5.41, 5.74) is 6.82. The van der Waals surface area contributed by atoms with E-state index in [1.165, 1.54) is 0 Å². The molecule has 1 rings (SSSR count). The molecule has 0 amide bonds. The van der Waals surface area contributed by atoms with E-state index in [1.54, 1.807) is 0 Å². The topological polar surface area (TPSA) is 83.5 Å². The van der Waals surface area contributed by atoms with E-state index in [1.807, 2.05) is 44.2 Å². The van der Waals surface area contributed by atoms with Gasteiger partial charge in [0.15, 0.2) is 0 Å². The summed E-state index contributed by atoms with van der Waals surface area (Å²) >= 11 is 0. The second-order valence-electron chi connectivity index (χ2n) is 5.35. The predicted octanol–water partition coefficient (Wildman–Crippen LogP) is 1.66. The number of hydrogen-bond donors (Lipinski definition) is 3. The fourth-order valence-electron chi connectivity index (χ4n) is 2.06. The highest BCUT2D eigenvalue weighted by Crippen LogP contribution is 2.18. The van der Waals surface area contributed by atoms with Crippen molar-refractivity contribution in [3.8, 4) is 0 Å². The van der Waals surface area contributed by atoms with Gasteiger partial charge in [0.25, 0.3) is 0 Å². The molecule has 0 fully saturated rings. The Labute approximate surface area is 114 Å². The molecule has 0 aromatic heterocycles. The molecule has 0 spiro atoms. The normalized spacial score (nSPS) is 16.1. The molecule has 19 heavy (non-hydrogen) atoms. The minimum Gasteiger partial charge on any atom is -0.481 e. The van der Waals surface area contributed by atoms with Gasteiger partial charge in [-0.25, -0.2) is 0 Å². The molecule has 0 heterocycles. The molecule has 1 aromatic rings. The number of hydrogen-bond acceptors (Lipinski definition) is 3. The number of aliphatic hydroxyl groups is 1. The van der Waals surface area contributed by atoms with Gasteiger partial charge in [0.2, 0.25) is 0 Å². The van der Waals surface area contributed by atoms with E-state index in [9.17, 15) is 15.0 Å². The Hall–Kier alpha value is -1.39. The molecule has 4 N–H and O–H groups in total. The summed E-state index contributed by atoms with van der Waals surface area (Å²) in [4.78, 5) is 11.3. The summed E-state index contributed by atoms with van der Waals surface area (Å²) in [7, 11) is 0. The Morgan fingerprint density at radius 3 is 2.32 bits per heavy atom. The van der Waals surface area contributed by atoms with Crippen molar-refractivity contribution < 1.29 is 15.0 Å². The first-order chi connectivity index (χ1) is 8.91. The third-order valence-corrected chi connectivity index (χ3v) is 3.41. The summed E-state index contributed by atoms with van der Waals surface area (Å²) in [5.74, 6) is -1.37. The summed E-state index contributed by atoms with van der Waals surface area (Å²) in [6.07, 6.45) is -0.188. The average molecular weight is 265 g/mol. The van der Waals surface area contributed by atoms with E-state index >= 15 is 0 Å². The van der Waals surface area contributed by atoms with E-state index in [-0.39, 0.29) is 12.3 Å². The van der Waals surface area contributed by atoms with E-state index in [2.05, 4.69) is 0 Å². The van der Waals surface area contributed by atoms with E-state index < -0.39 is 24.0 Å². The molecular formula is C15H23NO3. The number of carbonyl (C=O) groups is 1. The zero-order chi connectivity index (χ0) is 14.4. The van der Waals surface area contributed by atoms with Crippen molar-refractivity contribution in [2.24, 2.45) is 17.6 Å². The van der Waals surface area contributed by atoms with Crippen LogP contribution in [-0.4, -0.2) is 28.3 Å². The smallest absolute Gasteiger partial charge is 0.306 e. The Balaban J connectivity index is 2.66. The maximum absolute atomic E-state index is 11.3. The molecule has 4 heteroatoms. The van der Waals surface area contributed by atoms with Gasteiger partial charge in [-0.15, -0.1) is 0 Å². The molecule has 0 aliphatic carbocycles. The van der Waals surface area contributed by atoms with Crippen molar-refractivity contribution in [2.75, 3.05) is 0 Å². The summed E-state index contributed by atoms with van der Waals surface area (Å²) in [6.45, 7) is 3.84. The highest BCUT2D eigenvalue weighted by atomic mass is 16.4. The van der Waals surface area contributed by atoms with Gasteiger partial charge in [-0.3, -0.25) is 4.79 Å². The minimum atomic E-state index is -0.890. The molecule has 0 unspecified atom stereocenters. The molecule has 0 aliphatic rings. The highest BCUT2D eigenvalue weighted by Gasteiger charge is 2.26. The number of aliphatic hydroxyl groups excluding tert-OH is 1. The Bertz CT molecular complexity index is 392. The number of rotatable bonds is 7. The maximum atomic E-state index is 11.3. The second-order valence-corrected chi connectivity index (χ2v) is 5.35. The van der Waals surface area contributed by atoms with E-state index in [0.29, 0.717) is 6.42 Å². The van der Waals surface area contributed by atoms with Crippen LogP contribution in [0.15, 0.2) is 30.3 Å². The molecule has 0 aliphatic heterocycles. The van der Waals surface area contributed by atoms with Crippen LogP contribution in [0.3, 0.4) is 0 Å². The van der Waals surface area contributed by atoms with Gasteiger partial charge >= 0.3 is 5.97 Å². The zero-order valence-corrected chi connectivity index (χ0v) is 11.5. The minimum absolute atomic E-state index is 0.126. The number of nitrogens with two attached hydrogens (primary N) is 1. The van der Waals surface area contributed by atoms with E-state index in [0.717, 1.165) is 5.56 Å². The van der Waals surface area contributed by atoms with E-state index in [4.69, 9.17) is 5.73 Å². The summed E-state index contributed by atoms with van der Waals surface area (Å²) in [5, 5.41) is 19.2. The third kappa shape index (κ3) is 5.01. The summed E-state index contributed by atoms with van der Waals surface area (Å²) < 4.78 is 0. The van der Waals surface area contributed by atoms with Crippen molar-refractivity contribution in [3.63, 3.8) is 0 Å². The lowest BCUT2D eigenvalue weighted by Gasteiger charge is -2.24. The fraction of sp³-hybridized carbons (Fsp3) is 0.533. The number of carboxylic acids is 1. The first-order valence-corrected chi connectivity index (χ1v) is 6.62. The molecule has 0 bridgehead atoms. The van der Waals surface area contributed by atoms with Crippen LogP contribution in [0.2, 0.25) is 0 Å². The molecule has 0 radical (unpaired) electrons. The van der Waals surface area contributed by atoms with Crippen LogP contribution < -0.4 is 5.73 Å². The van der Waals surface area contributed by atoms with Crippen LogP contribution in [0, 0.1) is 11.8 Å². The van der Waals surface area contributed by atoms with Gasteiger partial charge in [0.1, 0.15) is 0 Å². The number of carboxylic acid groups (broad SMARTS) is 1. The number of aliphatic carboxylic acids is 1. The SMILES string of the molecule is CC(C)[C@H](N)[C@@H](O)C[C@@H](Cc1ccccc1)C(=O)O. The first-order valence-electron chi connectivity index (χ1n) is 6.62. The molecule has 0 saturated heterocycles. The van der Waals surface area contributed by atoms with Crippen molar-refractivity contribution in [1.82, 2.24) is 0 Å². The van der Waals surface area contributed by atoms with Gasteiger partial charge in [-0.05, 0) is 24.3 Å². The monoisotopic (exact) mass is 265 g/mol. The molecule has 0 saturated carbocycles. The maximum Gasteiger partial charge on any atom is 0.306 e. The predicted molar refractivity (Wildman–Crippen MR) is 74.7 cm³/mol. The summed E-state index contributed by atoms with van der Waals surface area (Å²) in [6, 6.07) is 9.05.